The molecule has 23 heavy (non-hydrogen) atoms. The van der Waals surface area contributed by atoms with E-state index >= 15 is 0 Å². The molecule has 0 saturated heterocycles. The fraction of sp³-hybridized carbons (Fsp3) is 0.588. The molecule has 1 aliphatic rings. The summed E-state index contributed by atoms with van der Waals surface area (Å²) >= 11 is 0. The number of hydrogen-bond donors (Lipinski definition) is 0. The molecule has 1 amide bonds. The zero-order valence-electron chi connectivity index (χ0n) is 13.7. The molecule has 6 heteroatoms. The third-order valence-corrected chi connectivity index (χ3v) is 4.48. The molecule has 0 spiro atoms. The first-order chi connectivity index (χ1) is 10.8. The molecule has 1 saturated carbocycles. The van der Waals surface area contributed by atoms with Gasteiger partial charge in [-0.3, -0.25) is 4.79 Å². The molecular weight excluding hydrogens is 305 g/mol. The van der Waals surface area contributed by atoms with Gasteiger partial charge in [0.15, 0.2) is 0 Å². The Balaban J connectivity index is 2.34. The third kappa shape index (κ3) is 3.86. The maximum atomic E-state index is 12.7. The molecule has 2 atom stereocenters. The minimum atomic E-state index is -4.36. The van der Waals surface area contributed by atoms with E-state index in [0.717, 1.165) is 31.4 Å². The van der Waals surface area contributed by atoms with Gasteiger partial charge >= 0.3 is 6.18 Å². The number of carbonyl (C=O) groups is 1. The van der Waals surface area contributed by atoms with Crippen LogP contribution in [0.4, 0.5) is 18.9 Å². The van der Waals surface area contributed by atoms with Crippen LogP contribution in [-0.2, 0) is 11.0 Å². The molecule has 128 valence electrons. The largest absolute Gasteiger partial charge is 0.416 e. The van der Waals surface area contributed by atoms with Crippen molar-refractivity contribution in [3.8, 4) is 0 Å². The number of likely N-dealkylation sites (N-methyl/N-ethyl adjacent to an activating group) is 1. The average molecular weight is 328 g/mol. The molecule has 0 aromatic heterocycles. The van der Waals surface area contributed by atoms with E-state index in [0.29, 0.717) is 12.1 Å². The number of nitrogens with zero attached hydrogens (tertiary/aromatic N) is 2. The van der Waals surface area contributed by atoms with Gasteiger partial charge < -0.3 is 9.80 Å². The zero-order chi connectivity index (χ0) is 17.2. The number of carbonyl (C=O) groups excluding carboxylic acids is 1. The van der Waals surface area contributed by atoms with E-state index in [4.69, 9.17) is 0 Å². The van der Waals surface area contributed by atoms with Crippen molar-refractivity contribution in [2.75, 3.05) is 19.0 Å². The first kappa shape index (κ1) is 17.8. The van der Waals surface area contributed by atoms with Crippen molar-refractivity contribution in [1.29, 1.82) is 0 Å². The highest BCUT2D eigenvalue weighted by Crippen LogP contribution is 2.34. The van der Waals surface area contributed by atoms with Crippen molar-refractivity contribution >= 4 is 11.6 Å². The molecular formula is C17H23F3N2O. The van der Waals surface area contributed by atoms with Crippen LogP contribution < -0.4 is 4.90 Å². The Hall–Kier alpha value is -1.56. The third-order valence-electron chi connectivity index (χ3n) is 4.48. The topological polar surface area (TPSA) is 23.6 Å². The zero-order valence-corrected chi connectivity index (χ0v) is 13.7. The Morgan fingerprint density at radius 1 is 1.13 bits per heavy atom. The number of halogens is 3. The lowest BCUT2D eigenvalue weighted by molar-refractivity contribution is -0.137. The summed E-state index contributed by atoms with van der Waals surface area (Å²) in [5, 5.41) is 0. The van der Waals surface area contributed by atoms with Crippen molar-refractivity contribution in [3.63, 3.8) is 0 Å². The SMILES string of the molecule is CCC(=O)N(c1ccc(C(F)(F)F)cc1)[C@@H]1CCC[C@H]1N(C)C. The molecule has 0 radical (unpaired) electrons. The lowest BCUT2D eigenvalue weighted by Gasteiger charge is -2.36. The number of alkyl halides is 3. The van der Waals surface area contributed by atoms with Gasteiger partial charge in [0.05, 0.1) is 11.6 Å². The molecule has 1 aromatic rings. The molecule has 0 bridgehead atoms. The van der Waals surface area contributed by atoms with Crippen molar-refractivity contribution in [3.05, 3.63) is 29.8 Å². The van der Waals surface area contributed by atoms with E-state index in [1.165, 1.54) is 12.1 Å². The molecule has 0 heterocycles. The van der Waals surface area contributed by atoms with E-state index in [1.807, 2.05) is 14.1 Å². The van der Waals surface area contributed by atoms with E-state index in [-0.39, 0.29) is 18.0 Å². The van der Waals surface area contributed by atoms with Gasteiger partial charge in [0, 0.05) is 18.2 Å². The summed E-state index contributed by atoms with van der Waals surface area (Å²) in [5.74, 6) is -0.0523. The van der Waals surface area contributed by atoms with E-state index in [2.05, 4.69) is 4.90 Å². The van der Waals surface area contributed by atoms with E-state index < -0.39 is 11.7 Å². The van der Waals surface area contributed by atoms with Gasteiger partial charge in [0.2, 0.25) is 5.91 Å². The normalized spacial score (nSPS) is 21.7. The van der Waals surface area contributed by atoms with Crippen LogP contribution >= 0.6 is 0 Å². The van der Waals surface area contributed by atoms with Crippen LogP contribution in [0.1, 0.15) is 38.2 Å². The summed E-state index contributed by atoms with van der Waals surface area (Å²) in [7, 11) is 3.95. The van der Waals surface area contributed by atoms with Crippen LogP contribution in [-0.4, -0.2) is 37.0 Å². The van der Waals surface area contributed by atoms with Crippen LogP contribution in [0.3, 0.4) is 0 Å². The second-order valence-corrected chi connectivity index (χ2v) is 6.19. The summed E-state index contributed by atoms with van der Waals surface area (Å²) < 4.78 is 38.2. The molecule has 1 aromatic carbocycles. The fourth-order valence-electron chi connectivity index (χ4n) is 3.33. The summed E-state index contributed by atoms with van der Waals surface area (Å²) in [6, 6.07) is 5.14. The van der Waals surface area contributed by atoms with Gasteiger partial charge in [0.25, 0.3) is 0 Å². The van der Waals surface area contributed by atoms with Crippen molar-refractivity contribution in [1.82, 2.24) is 4.90 Å². The van der Waals surface area contributed by atoms with Crippen LogP contribution in [0.25, 0.3) is 0 Å². The Morgan fingerprint density at radius 3 is 2.17 bits per heavy atom. The van der Waals surface area contributed by atoms with Gasteiger partial charge in [-0.2, -0.15) is 13.2 Å². The first-order valence-electron chi connectivity index (χ1n) is 7.91. The molecule has 1 aliphatic carbocycles. The van der Waals surface area contributed by atoms with E-state index in [9.17, 15) is 18.0 Å². The number of amides is 1. The summed E-state index contributed by atoms with van der Waals surface area (Å²) in [4.78, 5) is 16.2. The van der Waals surface area contributed by atoms with Crippen LogP contribution in [0, 0.1) is 0 Å². The summed E-state index contributed by atoms with van der Waals surface area (Å²) in [6.45, 7) is 1.78. The highest BCUT2D eigenvalue weighted by molar-refractivity contribution is 5.94. The van der Waals surface area contributed by atoms with Crippen LogP contribution in [0.15, 0.2) is 24.3 Å². The number of benzene rings is 1. The predicted octanol–water partition coefficient (Wildman–Crippen LogP) is 3.93. The van der Waals surface area contributed by atoms with Crippen LogP contribution in [0.2, 0.25) is 0 Å². The Bertz CT molecular complexity index is 540. The summed E-state index contributed by atoms with van der Waals surface area (Å²) in [6.07, 6.45) is -1.15. The Labute approximate surface area is 135 Å². The monoisotopic (exact) mass is 328 g/mol. The Kier molecular flexibility index (Phi) is 5.34. The first-order valence-corrected chi connectivity index (χ1v) is 7.91. The summed E-state index contributed by atoms with van der Waals surface area (Å²) in [5.41, 5.74) is -0.149. The fourth-order valence-corrected chi connectivity index (χ4v) is 3.33. The number of anilines is 1. The predicted molar refractivity (Wildman–Crippen MR) is 84.3 cm³/mol. The lowest BCUT2D eigenvalue weighted by Crippen LogP contribution is -2.49. The minimum Gasteiger partial charge on any atom is -0.308 e. The van der Waals surface area contributed by atoms with Crippen molar-refractivity contribution in [2.24, 2.45) is 0 Å². The van der Waals surface area contributed by atoms with Gasteiger partial charge in [-0.15, -0.1) is 0 Å². The molecule has 3 nitrogen and oxygen atoms in total. The Morgan fingerprint density at radius 2 is 1.70 bits per heavy atom. The number of rotatable bonds is 4. The standard InChI is InChI=1S/C17H23F3N2O/c1-4-16(23)22(15-7-5-6-14(15)21(2)3)13-10-8-12(9-11-13)17(18,19)20/h8-11,14-15H,4-7H2,1-3H3/t14-,15-/m1/s1. The second-order valence-electron chi connectivity index (χ2n) is 6.19. The maximum absolute atomic E-state index is 12.7. The molecule has 0 aliphatic heterocycles. The lowest BCUT2D eigenvalue weighted by atomic mass is 10.1. The second kappa shape index (κ2) is 6.91. The molecule has 0 unspecified atom stereocenters. The van der Waals surface area contributed by atoms with Crippen LogP contribution in [0.5, 0.6) is 0 Å². The average Bonchev–Trinajstić information content (AvgIpc) is 2.96. The quantitative estimate of drug-likeness (QED) is 0.836. The minimum absolute atomic E-state index is 0.00851. The van der Waals surface area contributed by atoms with Crippen molar-refractivity contribution in [2.45, 2.75) is 50.9 Å². The van der Waals surface area contributed by atoms with Gasteiger partial charge in [-0.05, 0) is 57.6 Å². The highest BCUT2D eigenvalue weighted by Gasteiger charge is 2.37. The van der Waals surface area contributed by atoms with Crippen molar-refractivity contribution < 1.29 is 18.0 Å². The highest BCUT2D eigenvalue weighted by atomic mass is 19.4. The molecule has 0 N–H and O–H groups in total. The van der Waals surface area contributed by atoms with E-state index in [1.54, 1.807) is 11.8 Å². The number of hydrogen-bond acceptors (Lipinski definition) is 2. The van der Waals surface area contributed by atoms with Gasteiger partial charge in [-0.1, -0.05) is 6.92 Å². The molecule has 2 rings (SSSR count). The van der Waals surface area contributed by atoms with Gasteiger partial charge in [0.1, 0.15) is 0 Å². The molecule has 1 fully saturated rings. The maximum Gasteiger partial charge on any atom is 0.416 e. The smallest absolute Gasteiger partial charge is 0.308 e. The van der Waals surface area contributed by atoms with Gasteiger partial charge in [-0.25, -0.2) is 0 Å².